The maximum atomic E-state index is 16.7. The van der Waals surface area contributed by atoms with Crippen molar-refractivity contribution in [1.82, 2.24) is 14.8 Å². The summed E-state index contributed by atoms with van der Waals surface area (Å²) in [6, 6.07) is 4.77. The fourth-order valence-corrected chi connectivity index (χ4v) is 8.44. The van der Waals surface area contributed by atoms with E-state index in [2.05, 4.69) is 10.2 Å². The fourth-order valence-electron chi connectivity index (χ4n) is 8.44. The minimum absolute atomic E-state index is 0.00133. The van der Waals surface area contributed by atoms with Crippen molar-refractivity contribution in [3.05, 3.63) is 91.9 Å². The average molecular weight is 746 g/mol. The second-order valence-corrected chi connectivity index (χ2v) is 15.5. The Labute approximate surface area is 308 Å². The molecule has 12 heteroatoms. The molecule has 5 rings (SSSR count). The number of hydrogen-bond acceptors (Lipinski definition) is 6. The quantitative estimate of drug-likeness (QED) is 0.0982. The van der Waals surface area contributed by atoms with Gasteiger partial charge in [0.25, 0.3) is 5.56 Å². The van der Waals surface area contributed by atoms with Gasteiger partial charge in [-0.25, -0.2) is 8.78 Å². The van der Waals surface area contributed by atoms with Gasteiger partial charge in [-0.2, -0.15) is 13.2 Å². The number of halogens is 5. The van der Waals surface area contributed by atoms with E-state index in [0.29, 0.717) is 18.2 Å². The molecule has 1 aromatic heterocycles. The van der Waals surface area contributed by atoms with Gasteiger partial charge in [-0.1, -0.05) is 44.9 Å². The van der Waals surface area contributed by atoms with Crippen LogP contribution >= 0.6 is 0 Å². The van der Waals surface area contributed by atoms with Crippen LogP contribution in [0.4, 0.5) is 22.0 Å². The maximum absolute atomic E-state index is 16.7. The summed E-state index contributed by atoms with van der Waals surface area (Å²) in [5.74, 6) is -2.80. The number of carbonyl (C=O) groups excluding carboxylic acids is 1. The van der Waals surface area contributed by atoms with Crippen LogP contribution < -0.4 is 10.9 Å². The smallest absolute Gasteiger partial charge is 0.416 e. The van der Waals surface area contributed by atoms with Crippen LogP contribution in [0.15, 0.2) is 41.3 Å². The lowest BCUT2D eigenvalue weighted by molar-refractivity contribution is -0.144. The molecule has 2 N–H and O–H groups in total. The molecule has 53 heavy (non-hydrogen) atoms. The van der Waals surface area contributed by atoms with Crippen LogP contribution in [0.5, 0.6) is 0 Å². The number of aryl methyl sites for hydroxylation is 3. The van der Waals surface area contributed by atoms with E-state index in [9.17, 15) is 27.9 Å². The number of esters is 1. The summed E-state index contributed by atoms with van der Waals surface area (Å²) in [5, 5.41) is 14.7. The highest BCUT2D eigenvalue weighted by Crippen LogP contribution is 2.45. The molecule has 2 unspecified atom stereocenters. The summed E-state index contributed by atoms with van der Waals surface area (Å²) in [7, 11) is 0. The Kier molecular flexibility index (Phi) is 12.6. The zero-order valence-corrected chi connectivity index (χ0v) is 31.5. The third kappa shape index (κ3) is 9.03. The lowest BCUT2D eigenvalue weighted by Crippen LogP contribution is -2.55. The molecular formula is C41H52F5N3O4. The Morgan fingerprint density at radius 1 is 1.02 bits per heavy atom. The minimum Gasteiger partial charge on any atom is -0.466 e. The molecule has 1 aliphatic carbocycles. The number of ether oxygens (including phenoxy) is 1. The molecule has 290 valence electrons. The second-order valence-electron chi connectivity index (χ2n) is 15.5. The number of likely N-dealkylation sites (tertiary alicyclic amines) is 1. The first-order valence-corrected chi connectivity index (χ1v) is 18.6. The largest absolute Gasteiger partial charge is 0.466 e. The highest BCUT2D eigenvalue weighted by molar-refractivity contribution is 5.74. The summed E-state index contributed by atoms with van der Waals surface area (Å²) >= 11 is 0. The molecule has 0 bridgehead atoms. The first-order chi connectivity index (χ1) is 24.9. The Morgan fingerprint density at radius 3 is 2.25 bits per heavy atom. The molecule has 1 spiro atoms. The monoisotopic (exact) mass is 745 g/mol. The molecule has 7 nitrogen and oxygen atoms in total. The Hall–Kier alpha value is -3.61. The van der Waals surface area contributed by atoms with Crippen molar-refractivity contribution in [2.45, 2.75) is 111 Å². The van der Waals surface area contributed by atoms with E-state index in [4.69, 9.17) is 4.74 Å². The molecule has 2 aliphatic rings. The number of aliphatic hydroxyl groups excluding tert-OH is 1. The van der Waals surface area contributed by atoms with Gasteiger partial charge in [0, 0.05) is 43.0 Å². The summed E-state index contributed by atoms with van der Waals surface area (Å²) < 4.78 is 82.0. The summed E-state index contributed by atoms with van der Waals surface area (Å²) in [6.45, 7) is 12.4. The van der Waals surface area contributed by atoms with E-state index < -0.39 is 65.2 Å². The number of hydrogen-bond donors (Lipinski definition) is 2. The topological polar surface area (TPSA) is 83.8 Å². The van der Waals surface area contributed by atoms with E-state index in [1.165, 1.54) is 32.0 Å². The molecule has 3 aromatic rings. The van der Waals surface area contributed by atoms with Crippen molar-refractivity contribution < 1.29 is 36.6 Å². The van der Waals surface area contributed by atoms with Crippen LogP contribution in [0.2, 0.25) is 0 Å². The van der Waals surface area contributed by atoms with E-state index >= 15 is 8.78 Å². The molecule has 1 saturated heterocycles. The van der Waals surface area contributed by atoms with Gasteiger partial charge < -0.3 is 19.3 Å². The van der Waals surface area contributed by atoms with Crippen molar-refractivity contribution >= 4 is 5.97 Å². The standard InChI is InChI=1S/C41H52F5N3O4/c1-7-53-34(51)20-31(36-37(42)27(6)18-29(38(36)43)35-25(4)11-10-12-26(35)5)47-39(52)32(17-24(2)3)49-21-28(30(19-33(49)50)41(44,45)46)13-16-48-22-40(23-48)14-8-9-15-40/h10-12,18-19,21,24,31-32,39,47,52H,7-9,13-17,20,22-23H2,1-6H3/t31-,32?,39?/m0/s1. The zero-order chi connectivity index (χ0) is 38.8. The molecule has 1 saturated carbocycles. The number of alkyl halides is 3. The number of nitrogens with zero attached hydrogens (tertiary/aromatic N) is 2. The summed E-state index contributed by atoms with van der Waals surface area (Å²) in [4.78, 5) is 28.5. The lowest BCUT2D eigenvalue weighted by Gasteiger charge is -2.48. The third-order valence-corrected chi connectivity index (χ3v) is 10.9. The van der Waals surface area contributed by atoms with E-state index in [1.54, 1.807) is 32.9 Å². The van der Waals surface area contributed by atoms with E-state index in [0.717, 1.165) is 41.6 Å². The summed E-state index contributed by atoms with van der Waals surface area (Å²) in [5.41, 5.74) is -0.0408. The van der Waals surface area contributed by atoms with Crippen molar-refractivity contribution in [1.29, 1.82) is 0 Å². The number of carbonyl (C=O) groups is 1. The van der Waals surface area contributed by atoms with Gasteiger partial charge in [-0.05, 0) is 98.6 Å². The number of pyridine rings is 1. The predicted molar refractivity (Wildman–Crippen MR) is 194 cm³/mol. The molecule has 3 atom stereocenters. The Balaban J connectivity index is 1.53. The maximum Gasteiger partial charge on any atom is 0.416 e. The van der Waals surface area contributed by atoms with Crippen molar-refractivity contribution in [3.8, 4) is 11.1 Å². The number of nitrogens with one attached hydrogen (secondary N) is 1. The van der Waals surface area contributed by atoms with Gasteiger partial charge in [0.05, 0.1) is 30.7 Å². The third-order valence-electron chi connectivity index (χ3n) is 10.9. The number of aromatic nitrogens is 1. The van der Waals surface area contributed by atoms with Gasteiger partial charge >= 0.3 is 12.1 Å². The molecular weight excluding hydrogens is 693 g/mol. The average Bonchev–Trinajstić information content (AvgIpc) is 3.55. The SMILES string of the molecule is CCOC(=O)C[C@H](NC(O)C(CC(C)C)n1cc(CCN2CC3(CCCC3)C2)c(C(F)(F)F)cc1=O)c1c(F)c(C)cc(-c2c(C)cccc2C)c1F. The molecule has 0 amide bonds. The zero-order valence-electron chi connectivity index (χ0n) is 31.5. The highest BCUT2D eigenvalue weighted by atomic mass is 19.4. The first-order valence-electron chi connectivity index (χ1n) is 18.6. The van der Waals surface area contributed by atoms with Crippen LogP contribution in [0, 0.1) is 43.7 Å². The van der Waals surface area contributed by atoms with Gasteiger partial charge in [-0.15, -0.1) is 0 Å². The van der Waals surface area contributed by atoms with E-state index in [-0.39, 0.29) is 47.5 Å². The van der Waals surface area contributed by atoms with Crippen molar-refractivity contribution in [2.24, 2.45) is 11.3 Å². The van der Waals surface area contributed by atoms with Gasteiger partial charge in [-0.3, -0.25) is 14.9 Å². The van der Waals surface area contributed by atoms with E-state index in [1.807, 2.05) is 19.9 Å². The van der Waals surface area contributed by atoms with Crippen LogP contribution in [0.1, 0.15) is 105 Å². The Bertz CT molecular complexity index is 1820. The second kappa shape index (κ2) is 16.4. The van der Waals surface area contributed by atoms with Crippen LogP contribution in [0.3, 0.4) is 0 Å². The van der Waals surface area contributed by atoms with Gasteiger partial charge in [0.2, 0.25) is 0 Å². The van der Waals surface area contributed by atoms with Gasteiger partial charge in [0.1, 0.15) is 17.9 Å². The van der Waals surface area contributed by atoms with Crippen LogP contribution in [0.25, 0.3) is 11.1 Å². The molecule has 2 aromatic carbocycles. The Morgan fingerprint density at radius 2 is 1.66 bits per heavy atom. The lowest BCUT2D eigenvalue weighted by atomic mass is 9.78. The van der Waals surface area contributed by atoms with Crippen molar-refractivity contribution in [3.63, 3.8) is 0 Å². The molecule has 1 aliphatic heterocycles. The van der Waals surface area contributed by atoms with Crippen molar-refractivity contribution in [2.75, 3.05) is 26.2 Å². The number of aliphatic hydroxyl groups is 1. The van der Waals surface area contributed by atoms with Gasteiger partial charge in [0.15, 0.2) is 0 Å². The normalized spacial score (nSPS) is 17.6. The van der Waals surface area contributed by atoms with Crippen LogP contribution in [-0.4, -0.2) is 53.0 Å². The summed E-state index contributed by atoms with van der Waals surface area (Å²) in [6.07, 6.45) is -1.16. The van der Waals surface area contributed by atoms with Crippen LogP contribution in [-0.2, 0) is 22.1 Å². The predicted octanol–water partition coefficient (Wildman–Crippen LogP) is 8.35. The first kappa shape index (κ1) is 40.6. The molecule has 2 heterocycles. The highest BCUT2D eigenvalue weighted by Gasteiger charge is 2.44. The number of benzene rings is 2. The molecule has 2 fully saturated rings. The fraction of sp³-hybridized carbons (Fsp3) is 0.561. The minimum atomic E-state index is -4.78. The number of rotatable bonds is 14. The molecule has 0 radical (unpaired) electrons.